The highest BCUT2D eigenvalue weighted by atomic mass is 19.1. The molecule has 1 amide bonds. The summed E-state index contributed by atoms with van der Waals surface area (Å²) in [5.41, 5.74) is 1.01. The van der Waals surface area contributed by atoms with Gasteiger partial charge < -0.3 is 9.73 Å². The molecule has 0 saturated carbocycles. The Morgan fingerprint density at radius 1 is 1.32 bits per heavy atom. The number of benzene rings is 1. The van der Waals surface area contributed by atoms with Crippen molar-refractivity contribution in [3.63, 3.8) is 0 Å². The summed E-state index contributed by atoms with van der Waals surface area (Å²) in [5.74, 6) is -1.20. The van der Waals surface area contributed by atoms with Crippen molar-refractivity contribution >= 4 is 23.0 Å². The zero-order valence-corrected chi connectivity index (χ0v) is 9.64. The lowest BCUT2D eigenvalue weighted by molar-refractivity contribution is -0.110. The van der Waals surface area contributed by atoms with Crippen LogP contribution in [0.3, 0.4) is 0 Å². The molecule has 0 spiro atoms. The Morgan fingerprint density at radius 2 is 2.16 bits per heavy atom. The minimum atomic E-state index is -0.466. The predicted octanol–water partition coefficient (Wildman–Crippen LogP) is 2.64. The highest BCUT2D eigenvalue weighted by Gasteiger charge is 2.25. The number of hydrogen-bond donors (Lipinski definition) is 1. The molecule has 0 saturated heterocycles. The van der Waals surface area contributed by atoms with E-state index in [1.54, 1.807) is 6.07 Å². The summed E-state index contributed by atoms with van der Waals surface area (Å²) in [4.78, 5) is 23.6. The van der Waals surface area contributed by atoms with Gasteiger partial charge in [-0.1, -0.05) is 0 Å². The highest BCUT2D eigenvalue weighted by molar-refractivity contribution is 6.34. The Kier molecular flexibility index (Phi) is 2.52. The maximum atomic E-state index is 13.2. The van der Waals surface area contributed by atoms with E-state index >= 15 is 0 Å². The van der Waals surface area contributed by atoms with Crippen molar-refractivity contribution in [3.8, 4) is 0 Å². The molecule has 1 aromatic heterocycles. The van der Waals surface area contributed by atoms with Crippen LogP contribution in [0.25, 0.3) is 5.57 Å². The van der Waals surface area contributed by atoms with Gasteiger partial charge in [-0.05, 0) is 30.3 Å². The van der Waals surface area contributed by atoms with Crippen LogP contribution in [0.4, 0.5) is 10.1 Å². The van der Waals surface area contributed by atoms with Gasteiger partial charge in [-0.3, -0.25) is 9.59 Å². The van der Waals surface area contributed by atoms with Crippen LogP contribution in [0.15, 0.2) is 47.1 Å². The molecule has 0 unspecified atom stereocenters. The van der Waals surface area contributed by atoms with Gasteiger partial charge in [0, 0.05) is 17.3 Å². The quantitative estimate of drug-likeness (QED) is 0.664. The minimum absolute atomic E-state index is 0.130. The van der Waals surface area contributed by atoms with Crippen molar-refractivity contribution in [3.05, 3.63) is 59.8 Å². The van der Waals surface area contributed by atoms with Crippen LogP contribution in [0.1, 0.15) is 16.1 Å². The number of nitrogens with one attached hydrogen (secondary N) is 1. The molecule has 1 aliphatic rings. The molecule has 0 bridgehead atoms. The van der Waals surface area contributed by atoms with Gasteiger partial charge in [-0.25, -0.2) is 4.39 Å². The van der Waals surface area contributed by atoms with E-state index in [4.69, 9.17) is 4.42 Å². The molecule has 94 valence electrons. The van der Waals surface area contributed by atoms with Gasteiger partial charge in [0.1, 0.15) is 5.82 Å². The van der Waals surface area contributed by atoms with E-state index in [-0.39, 0.29) is 11.3 Å². The van der Waals surface area contributed by atoms with Crippen LogP contribution < -0.4 is 5.32 Å². The van der Waals surface area contributed by atoms with E-state index < -0.39 is 17.5 Å². The standard InChI is InChI=1S/C14H8FNO3/c15-8-3-4-11-9(6-8)10(14(18)16-11)7-12(17)13-2-1-5-19-13/h1-7H,(H,16,18). The second kappa shape index (κ2) is 4.20. The van der Waals surface area contributed by atoms with Gasteiger partial charge in [0.2, 0.25) is 5.78 Å². The third-order valence-electron chi connectivity index (χ3n) is 2.80. The number of ketones is 1. The lowest BCUT2D eigenvalue weighted by Gasteiger charge is -1.97. The molecule has 1 aromatic carbocycles. The van der Waals surface area contributed by atoms with Crippen molar-refractivity contribution < 1.29 is 18.4 Å². The first-order chi connectivity index (χ1) is 9.15. The van der Waals surface area contributed by atoms with Crippen LogP contribution in [0.2, 0.25) is 0 Å². The average molecular weight is 257 g/mol. The monoisotopic (exact) mass is 257 g/mol. The van der Waals surface area contributed by atoms with E-state index in [0.29, 0.717) is 11.3 Å². The molecule has 2 aromatic rings. The van der Waals surface area contributed by atoms with E-state index in [1.165, 1.54) is 30.5 Å². The molecule has 2 heterocycles. The fourth-order valence-corrected chi connectivity index (χ4v) is 1.92. The van der Waals surface area contributed by atoms with Crippen molar-refractivity contribution in [2.24, 2.45) is 0 Å². The topological polar surface area (TPSA) is 59.3 Å². The summed E-state index contributed by atoms with van der Waals surface area (Å²) in [7, 11) is 0. The average Bonchev–Trinajstić information content (AvgIpc) is 2.99. The molecule has 0 fully saturated rings. The number of furan rings is 1. The third kappa shape index (κ3) is 1.95. The number of rotatable bonds is 2. The zero-order valence-electron chi connectivity index (χ0n) is 9.64. The van der Waals surface area contributed by atoms with Crippen LogP contribution in [0.5, 0.6) is 0 Å². The zero-order chi connectivity index (χ0) is 13.4. The first kappa shape index (κ1) is 11.4. The molecule has 4 nitrogen and oxygen atoms in total. The van der Waals surface area contributed by atoms with Crippen molar-refractivity contribution in [1.29, 1.82) is 0 Å². The summed E-state index contributed by atoms with van der Waals surface area (Å²) in [6.45, 7) is 0. The molecule has 1 aliphatic heterocycles. The molecule has 0 radical (unpaired) electrons. The van der Waals surface area contributed by atoms with Gasteiger partial charge in [0.25, 0.3) is 5.91 Å². The van der Waals surface area contributed by atoms with Crippen LogP contribution in [-0.4, -0.2) is 11.7 Å². The van der Waals surface area contributed by atoms with Gasteiger partial charge in [0.05, 0.1) is 11.8 Å². The first-order valence-electron chi connectivity index (χ1n) is 5.56. The molecule has 5 heteroatoms. The Morgan fingerprint density at radius 3 is 2.89 bits per heavy atom. The Hall–Kier alpha value is -2.69. The minimum Gasteiger partial charge on any atom is -0.461 e. The maximum Gasteiger partial charge on any atom is 0.256 e. The van der Waals surface area contributed by atoms with Crippen LogP contribution >= 0.6 is 0 Å². The number of carbonyl (C=O) groups excluding carboxylic acids is 2. The van der Waals surface area contributed by atoms with E-state index in [1.807, 2.05) is 0 Å². The number of anilines is 1. The van der Waals surface area contributed by atoms with E-state index in [0.717, 1.165) is 6.08 Å². The summed E-state index contributed by atoms with van der Waals surface area (Å²) < 4.78 is 18.2. The SMILES string of the molecule is O=C1Nc2ccc(F)cc2C1=CC(=O)c1ccco1. The van der Waals surface area contributed by atoms with E-state index in [9.17, 15) is 14.0 Å². The van der Waals surface area contributed by atoms with Crippen molar-refractivity contribution in [2.45, 2.75) is 0 Å². The molecular weight excluding hydrogens is 249 g/mol. The smallest absolute Gasteiger partial charge is 0.256 e. The fourth-order valence-electron chi connectivity index (χ4n) is 1.92. The lowest BCUT2D eigenvalue weighted by atomic mass is 10.1. The Balaban J connectivity index is 2.04. The second-order valence-corrected chi connectivity index (χ2v) is 4.04. The molecule has 0 atom stereocenters. The van der Waals surface area contributed by atoms with Crippen molar-refractivity contribution in [1.82, 2.24) is 0 Å². The largest absolute Gasteiger partial charge is 0.461 e. The second-order valence-electron chi connectivity index (χ2n) is 4.04. The number of fused-ring (bicyclic) bond motifs is 1. The van der Waals surface area contributed by atoms with Crippen molar-refractivity contribution in [2.75, 3.05) is 5.32 Å². The normalized spacial score (nSPS) is 15.4. The molecule has 19 heavy (non-hydrogen) atoms. The number of allylic oxidation sites excluding steroid dienone is 1. The Bertz CT molecular complexity index is 701. The summed E-state index contributed by atoms with van der Waals surface area (Å²) in [5, 5.41) is 2.57. The summed E-state index contributed by atoms with van der Waals surface area (Å²) in [6, 6.07) is 7.00. The van der Waals surface area contributed by atoms with Gasteiger partial charge in [-0.15, -0.1) is 0 Å². The van der Waals surface area contributed by atoms with Gasteiger partial charge in [0.15, 0.2) is 5.76 Å². The first-order valence-corrected chi connectivity index (χ1v) is 5.56. The third-order valence-corrected chi connectivity index (χ3v) is 2.80. The van der Waals surface area contributed by atoms with Crippen LogP contribution in [0, 0.1) is 5.82 Å². The lowest BCUT2D eigenvalue weighted by Crippen LogP contribution is -2.05. The molecule has 1 N–H and O–H groups in total. The molecule has 0 aliphatic carbocycles. The predicted molar refractivity (Wildman–Crippen MR) is 66.0 cm³/mol. The highest BCUT2D eigenvalue weighted by Crippen LogP contribution is 2.32. The van der Waals surface area contributed by atoms with E-state index in [2.05, 4.69) is 5.32 Å². The maximum absolute atomic E-state index is 13.2. The summed E-state index contributed by atoms with van der Waals surface area (Å²) >= 11 is 0. The summed E-state index contributed by atoms with van der Waals surface area (Å²) in [6.07, 6.45) is 2.52. The molecule has 3 rings (SSSR count). The Labute approximate surface area is 107 Å². The number of hydrogen-bond acceptors (Lipinski definition) is 3. The fraction of sp³-hybridized carbons (Fsp3) is 0. The number of carbonyl (C=O) groups is 2. The molecular formula is C14H8FNO3. The van der Waals surface area contributed by atoms with Gasteiger partial charge >= 0.3 is 0 Å². The number of halogens is 1. The van der Waals surface area contributed by atoms with Gasteiger partial charge in [-0.2, -0.15) is 0 Å². The van der Waals surface area contributed by atoms with Crippen LogP contribution in [-0.2, 0) is 4.79 Å². The number of amides is 1.